The third-order valence-corrected chi connectivity index (χ3v) is 3.18. The molecule has 0 saturated carbocycles. The maximum atomic E-state index is 11.5. The quantitative estimate of drug-likeness (QED) is 0.846. The Labute approximate surface area is 131 Å². The Balaban J connectivity index is 0.00000106. The topological polar surface area (TPSA) is 29.5 Å². The molecule has 1 amide bonds. The zero-order valence-corrected chi connectivity index (χ0v) is 14.0. The first-order valence-electron chi connectivity index (χ1n) is 7.00. The molecule has 0 aromatic heterocycles. The van der Waals surface area contributed by atoms with Crippen molar-refractivity contribution in [1.29, 1.82) is 0 Å². The minimum atomic E-state index is -0.0596. The molecule has 0 unspecified atom stereocenters. The van der Waals surface area contributed by atoms with Gasteiger partial charge in [-0.15, -0.1) is 0 Å². The van der Waals surface area contributed by atoms with Crippen molar-refractivity contribution in [2.45, 2.75) is 20.8 Å². The minimum absolute atomic E-state index is 0.0485. The van der Waals surface area contributed by atoms with E-state index < -0.39 is 0 Å². The summed E-state index contributed by atoms with van der Waals surface area (Å²) in [6.45, 7) is 6.00. The molecule has 2 aromatic carbocycles. The Bertz CT molecular complexity index is 623. The van der Waals surface area contributed by atoms with Crippen molar-refractivity contribution in [2.75, 3.05) is 20.7 Å². The molecule has 0 spiro atoms. The van der Waals surface area contributed by atoms with Gasteiger partial charge >= 0.3 is 0 Å². The van der Waals surface area contributed by atoms with Gasteiger partial charge in [0.2, 0.25) is 0 Å². The standard InChI is InChI=1S/C15H16ClNO2.C2H6/c1-10-6-12-7-13(16)5-4-11(12)8-14(10)19-9-15(18)17(2)3;1-2/h4-8H,9H2,1-3H3;1-2H3. The molecule has 0 aliphatic carbocycles. The summed E-state index contributed by atoms with van der Waals surface area (Å²) in [4.78, 5) is 13.0. The average molecular weight is 308 g/mol. The van der Waals surface area contributed by atoms with E-state index in [9.17, 15) is 4.79 Å². The number of carbonyl (C=O) groups is 1. The van der Waals surface area contributed by atoms with Crippen LogP contribution in [0.4, 0.5) is 0 Å². The minimum Gasteiger partial charge on any atom is -0.483 e. The fourth-order valence-electron chi connectivity index (χ4n) is 1.79. The Kier molecular flexibility index (Phi) is 6.50. The average Bonchev–Trinajstić information content (AvgIpc) is 2.46. The van der Waals surface area contributed by atoms with Crippen molar-refractivity contribution in [3.05, 3.63) is 40.9 Å². The Morgan fingerprint density at radius 3 is 2.43 bits per heavy atom. The van der Waals surface area contributed by atoms with Gasteiger partial charge in [0.15, 0.2) is 6.61 Å². The van der Waals surface area contributed by atoms with Gasteiger partial charge < -0.3 is 9.64 Å². The van der Waals surface area contributed by atoms with Crippen LogP contribution in [0.1, 0.15) is 19.4 Å². The molecule has 2 rings (SSSR count). The SMILES string of the molecule is CC.Cc1cc2cc(Cl)ccc2cc1OCC(=O)N(C)C. The number of aryl methyl sites for hydroxylation is 1. The maximum Gasteiger partial charge on any atom is 0.259 e. The Morgan fingerprint density at radius 2 is 1.81 bits per heavy atom. The fraction of sp³-hybridized carbons (Fsp3) is 0.353. The number of hydrogen-bond acceptors (Lipinski definition) is 2. The highest BCUT2D eigenvalue weighted by molar-refractivity contribution is 6.31. The third kappa shape index (κ3) is 4.64. The molecule has 0 N–H and O–H groups in total. The molecule has 21 heavy (non-hydrogen) atoms. The van der Waals surface area contributed by atoms with E-state index in [1.807, 2.05) is 51.1 Å². The highest BCUT2D eigenvalue weighted by Gasteiger charge is 2.08. The summed E-state index contributed by atoms with van der Waals surface area (Å²) in [5, 5.41) is 2.82. The van der Waals surface area contributed by atoms with E-state index in [1.54, 1.807) is 14.1 Å². The normalized spacial score (nSPS) is 9.81. The largest absolute Gasteiger partial charge is 0.483 e. The number of hydrogen-bond donors (Lipinski definition) is 0. The van der Waals surface area contributed by atoms with Crippen molar-refractivity contribution in [1.82, 2.24) is 4.90 Å². The van der Waals surface area contributed by atoms with Crippen molar-refractivity contribution in [3.8, 4) is 5.75 Å². The molecule has 0 atom stereocenters. The summed E-state index contributed by atoms with van der Waals surface area (Å²) in [5.74, 6) is 0.667. The summed E-state index contributed by atoms with van der Waals surface area (Å²) in [5.41, 5.74) is 0.987. The van der Waals surface area contributed by atoms with Gasteiger partial charge in [0.25, 0.3) is 5.91 Å². The van der Waals surface area contributed by atoms with Crippen molar-refractivity contribution in [3.63, 3.8) is 0 Å². The first kappa shape index (κ1) is 17.3. The first-order valence-corrected chi connectivity index (χ1v) is 7.38. The molecule has 2 aromatic rings. The van der Waals surface area contributed by atoms with E-state index in [1.165, 1.54) is 4.90 Å². The molecule has 4 heteroatoms. The monoisotopic (exact) mass is 307 g/mol. The number of benzene rings is 2. The third-order valence-electron chi connectivity index (χ3n) is 2.95. The molecule has 0 radical (unpaired) electrons. The number of rotatable bonds is 3. The summed E-state index contributed by atoms with van der Waals surface area (Å²) in [6.07, 6.45) is 0. The van der Waals surface area contributed by atoms with Crippen molar-refractivity contribution >= 4 is 28.3 Å². The Hall–Kier alpha value is -1.74. The van der Waals surface area contributed by atoms with Gasteiger partial charge in [0, 0.05) is 19.1 Å². The lowest BCUT2D eigenvalue weighted by Gasteiger charge is -2.13. The van der Waals surface area contributed by atoms with Gasteiger partial charge in [-0.2, -0.15) is 0 Å². The highest BCUT2D eigenvalue weighted by Crippen LogP contribution is 2.27. The van der Waals surface area contributed by atoms with Gasteiger partial charge in [-0.25, -0.2) is 0 Å². The predicted octanol–water partition coefficient (Wildman–Crippen LogP) is 4.29. The summed E-state index contributed by atoms with van der Waals surface area (Å²) < 4.78 is 5.57. The van der Waals surface area contributed by atoms with E-state index in [4.69, 9.17) is 16.3 Å². The van der Waals surface area contributed by atoms with E-state index in [-0.39, 0.29) is 12.5 Å². The fourth-order valence-corrected chi connectivity index (χ4v) is 1.97. The molecule has 0 saturated heterocycles. The highest BCUT2D eigenvalue weighted by atomic mass is 35.5. The van der Waals surface area contributed by atoms with Crippen LogP contribution in [0.15, 0.2) is 30.3 Å². The van der Waals surface area contributed by atoms with Crippen LogP contribution in [-0.2, 0) is 4.79 Å². The lowest BCUT2D eigenvalue weighted by molar-refractivity contribution is -0.130. The van der Waals surface area contributed by atoms with Gasteiger partial charge in [0.05, 0.1) is 0 Å². The van der Waals surface area contributed by atoms with Crippen LogP contribution in [0.25, 0.3) is 10.8 Å². The van der Waals surface area contributed by atoms with Crippen molar-refractivity contribution in [2.24, 2.45) is 0 Å². The Morgan fingerprint density at radius 1 is 1.14 bits per heavy atom. The maximum absolute atomic E-state index is 11.5. The summed E-state index contributed by atoms with van der Waals surface area (Å²) >= 11 is 5.97. The van der Waals surface area contributed by atoms with Crippen molar-refractivity contribution < 1.29 is 9.53 Å². The van der Waals surface area contributed by atoms with Crippen LogP contribution in [0.2, 0.25) is 5.02 Å². The number of carbonyl (C=O) groups excluding carboxylic acids is 1. The number of halogens is 1. The van der Waals surface area contributed by atoms with Gasteiger partial charge in [-0.1, -0.05) is 31.5 Å². The molecule has 0 bridgehead atoms. The smallest absolute Gasteiger partial charge is 0.259 e. The summed E-state index contributed by atoms with van der Waals surface area (Å²) in [6, 6.07) is 9.64. The van der Waals surface area contributed by atoms with E-state index >= 15 is 0 Å². The second-order valence-electron chi connectivity index (χ2n) is 4.69. The molecule has 0 aliphatic heterocycles. The van der Waals surface area contributed by atoms with Crippen LogP contribution in [-0.4, -0.2) is 31.5 Å². The van der Waals surface area contributed by atoms with Crippen LogP contribution in [0, 0.1) is 6.92 Å². The van der Waals surface area contributed by atoms with E-state index in [2.05, 4.69) is 0 Å². The number of nitrogens with zero attached hydrogens (tertiary/aromatic N) is 1. The molecular formula is C17H22ClNO2. The lowest BCUT2D eigenvalue weighted by atomic mass is 10.1. The van der Waals surface area contributed by atoms with Crippen LogP contribution in [0.5, 0.6) is 5.75 Å². The number of likely N-dealkylation sites (N-methyl/N-ethyl adjacent to an activating group) is 1. The van der Waals surface area contributed by atoms with Crippen LogP contribution in [0.3, 0.4) is 0 Å². The molecule has 0 heterocycles. The molecule has 0 fully saturated rings. The van der Waals surface area contributed by atoms with Gasteiger partial charge in [0.1, 0.15) is 5.75 Å². The van der Waals surface area contributed by atoms with E-state index in [0.29, 0.717) is 5.02 Å². The van der Waals surface area contributed by atoms with Crippen LogP contribution < -0.4 is 4.74 Å². The molecule has 114 valence electrons. The van der Waals surface area contributed by atoms with Gasteiger partial charge in [-0.05, 0) is 47.5 Å². The first-order chi connectivity index (χ1) is 9.97. The second-order valence-corrected chi connectivity index (χ2v) is 5.12. The predicted molar refractivity (Wildman–Crippen MR) is 89.2 cm³/mol. The molecule has 3 nitrogen and oxygen atoms in total. The summed E-state index contributed by atoms with van der Waals surface area (Å²) in [7, 11) is 3.42. The second kappa shape index (κ2) is 7.89. The number of fused-ring (bicyclic) bond motifs is 1. The molecule has 0 aliphatic rings. The number of amides is 1. The van der Waals surface area contributed by atoms with E-state index in [0.717, 1.165) is 22.1 Å². The zero-order valence-electron chi connectivity index (χ0n) is 13.2. The van der Waals surface area contributed by atoms with Gasteiger partial charge in [-0.3, -0.25) is 4.79 Å². The zero-order chi connectivity index (χ0) is 16.0. The number of ether oxygens (including phenoxy) is 1. The lowest BCUT2D eigenvalue weighted by Crippen LogP contribution is -2.27. The van der Waals surface area contributed by atoms with Crippen LogP contribution >= 0.6 is 11.6 Å². The molecular weight excluding hydrogens is 286 g/mol.